The Hall–Kier alpha value is -2.73. The van der Waals surface area contributed by atoms with Gasteiger partial charge in [0, 0.05) is 37.5 Å². The van der Waals surface area contributed by atoms with Crippen molar-refractivity contribution in [2.75, 3.05) is 26.1 Å². The molecule has 0 bridgehead atoms. The van der Waals surface area contributed by atoms with E-state index in [4.69, 9.17) is 21.1 Å². The Labute approximate surface area is 164 Å². The van der Waals surface area contributed by atoms with Gasteiger partial charge in [0.2, 0.25) is 11.8 Å². The third-order valence-corrected chi connectivity index (χ3v) is 4.28. The number of benzene rings is 2. The van der Waals surface area contributed by atoms with E-state index in [0.717, 1.165) is 5.56 Å². The number of anilines is 1. The highest BCUT2D eigenvalue weighted by atomic mass is 35.5. The maximum absolute atomic E-state index is 12.3. The maximum atomic E-state index is 12.3. The second kappa shape index (κ2) is 9.83. The number of hydrogen-bond donors (Lipinski definition) is 1. The van der Waals surface area contributed by atoms with Gasteiger partial charge in [-0.1, -0.05) is 23.7 Å². The van der Waals surface area contributed by atoms with Crippen molar-refractivity contribution in [3.63, 3.8) is 0 Å². The van der Waals surface area contributed by atoms with Crippen LogP contribution in [-0.4, -0.2) is 37.5 Å². The molecule has 7 heteroatoms. The number of ether oxygens (including phenoxy) is 2. The van der Waals surface area contributed by atoms with Gasteiger partial charge < -0.3 is 19.7 Å². The van der Waals surface area contributed by atoms with Crippen LogP contribution in [0.1, 0.15) is 18.9 Å². The summed E-state index contributed by atoms with van der Waals surface area (Å²) in [5.41, 5.74) is 1.50. The average molecular weight is 391 g/mol. The summed E-state index contributed by atoms with van der Waals surface area (Å²) in [5.74, 6) is 0.837. The molecule has 0 spiro atoms. The van der Waals surface area contributed by atoms with E-state index < -0.39 is 0 Å². The van der Waals surface area contributed by atoms with Crippen molar-refractivity contribution in [1.82, 2.24) is 4.90 Å². The molecule has 0 saturated carbocycles. The number of rotatable bonds is 8. The predicted octanol–water partition coefficient (Wildman–Crippen LogP) is 3.73. The second-order valence-electron chi connectivity index (χ2n) is 5.93. The molecule has 0 aliphatic heterocycles. The van der Waals surface area contributed by atoms with E-state index in [2.05, 4.69) is 5.32 Å². The molecule has 2 aromatic carbocycles. The highest BCUT2D eigenvalue weighted by Crippen LogP contribution is 2.29. The minimum atomic E-state index is -0.208. The summed E-state index contributed by atoms with van der Waals surface area (Å²) >= 11 is 5.88. The molecule has 0 aliphatic rings. The first-order chi connectivity index (χ1) is 12.9. The Bertz CT molecular complexity index is 793. The third-order valence-electron chi connectivity index (χ3n) is 4.02. The molecule has 2 amide bonds. The number of nitrogens with zero attached hydrogens (tertiary/aromatic N) is 1. The van der Waals surface area contributed by atoms with E-state index in [1.165, 1.54) is 14.0 Å². The van der Waals surface area contributed by atoms with E-state index in [9.17, 15) is 9.59 Å². The zero-order valence-electron chi connectivity index (χ0n) is 15.6. The molecule has 27 heavy (non-hydrogen) atoms. The predicted molar refractivity (Wildman–Crippen MR) is 105 cm³/mol. The van der Waals surface area contributed by atoms with Crippen molar-refractivity contribution in [3.8, 4) is 11.5 Å². The maximum Gasteiger partial charge on any atom is 0.226 e. The van der Waals surface area contributed by atoms with Gasteiger partial charge in [-0.15, -0.1) is 0 Å². The number of carbonyl (C=O) groups excluding carboxylic acids is 2. The Balaban J connectivity index is 1.95. The van der Waals surface area contributed by atoms with Gasteiger partial charge in [-0.05, 0) is 29.8 Å². The molecule has 0 fully saturated rings. The highest BCUT2D eigenvalue weighted by Gasteiger charge is 2.14. The fourth-order valence-corrected chi connectivity index (χ4v) is 2.64. The van der Waals surface area contributed by atoms with Crippen LogP contribution in [0.3, 0.4) is 0 Å². The van der Waals surface area contributed by atoms with Crippen LogP contribution in [0.25, 0.3) is 0 Å². The molecule has 0 aliphatic carbocycles. The molecule has 0 saturated heterocycles. The van der Waals surface area contributed by atoms with Crippen molar-refractivity contribution < 1.29 is 19.1 Å². The number of amides is 2. The van der Waals surface area contributed by atoms with Gasteiger partial charge in [0.15, 0.2) is 0 Å². The molecule has 0 heterocycles. The van der Waals surface area contributed by atoms with Gasteiger partial charge >= 0.3 is 0 Å². The summed E-state index contributed by atoms with van der Waals surface area (Å²) in [6, 6.07) is 12.4. The lowest BCUT2D eigenvalue weighted by Crippen LogP contribution is -2.31. The quantitative estimate of drug-likeness (QED) is 0.745. The molecule has 0 radical (unpaired) electrons. The van der Waals surface area contributed by atoms with E-state index in [-0.39, 0.29) is 18.2 Å². The smallest absolute Gasteiger partial charge is 0.226 e. The van der Waals surface area contributed by atoms with Crippen LogP contribution >= 0.6 is 11.6 Å². The number of hydrogen-bond acceptors (Lipinski definition) is 4. The summed E-state index contributed by atoms with van der Waals surface area (Å²) in [7, 11) is 3.08. The Morgan fingerprint density at radius 2 is 1.78 bits per heavy atom. The lowest BCUT2D eigenvalue weighted by Gasteiger charge is -2.21. The Morgan fingerprint density at radius 1 is 1.07 bits per heavy atom. The van der Waals surface area contributed by atoms with Crippen LogP contribution in [0.15, 0.2) is 42.5 Å². The normalized spacial score (nSPS) is 10.2. The van der Waals surface area contributed by atoms with Gasteiger partial charge in [-0.2, -0.15) is 0 Å². The van der Waals surface area contributed by atoms with Crippen molar-refractivity contribution in [3.05, 3.63) is 53.1 Å². The summed E-state index contributed by atoms with van der Waals surface area (Å²) in [6.07, 6.45) is 0.169. The molecule has 0 atom stereocenters. The number of nitrogens with one attached hydrogen (secondary N) is 1. The SMILES string of the molecule is COc1ccc(NC(=O)CCN(Cc2ccc(Cl)cc2)C(C)=O)c(OC)c1. The van der Waals surface area contributed by atoms with E-state index in [1.54, 1.807) is 42.3 Å². The summed E-state index contributed by atoms with van der Waals surface area (Å²) in [5, 5.41) is 3.44. The fraction of sp³-hybridized carbons (Fsp3) is 0.300. The van der Waals surface area contributed by atoms with Crippen molar-refractivity contribution in [2.24, 2.45) is 0 Å². The van der Waals surface area contributed by atoms with Gasteiger partial charge in [-0.3, -0.25) is 9.59 Å². The zero-order valence-corrected chi connectivity index (χ0v) is 16.4. The zero-order chi connectivity index (χ0) is 19.8. The average Bonchev–Trinajstić information content (AvgIpc) is 2.66. The van der Waals surface area contributed by atoms with Crippen molar-refractivity contribution in [2.45, 2.75) is 19.9 Å². The first kappa shape index (κ1) is 20.6. The van der Waals surface area contributed by atoms with Gasteiger partial charge in [0.05, 0.1) is 19.9 Å². The molecule has 2 rings (SSSR count). The molecule has 0 unspecified atom stereocenters. The molecule has 0 aromatic heterocycles. The van der Waals surface area contributed by atoms with Gasteiger partial charge in [-0.25, -0.2) is 0 Å². The van der Waals surface area contributed by atoms with E-state index >= 15 is 0 Å². The van der Waals surface area contributed by atoms with Crippen LogP contribution < -0.4 is 14.8 Å². The third kappa shape index (κ3) is 6.18. The first-order valence-electron chi connectivity index (χ1n) is 8.44. The highest BCUT2D eigenvalue weighted by molar-refractivity contribution is 6.30. The molecular weight excluding hydrogens is 368 g/mol. The number of methoxy groups -OCH3 is 2. The summed E-state index contributed by atoms with van der Waals surface area (Å²) < 4.78 is 10.4. The standard InChI is InChI=1S/C20H23ClN2O4/c1-14(24)23(13-15-4-6-16(21)7-5-15)11-10-20(25)22-18-9-8-17(26-2)12-19(18)27-3/h4-9,12H,10-11,13H2,1-3H3,(H,22,25). The van der Waals surface area contributed by atoms with Crippen molar-refractivity contribution >= 4 is 29.1 Å². The number of carbonyl (C=O) groups is 2. The molecule has 1 N–H and O–H groups in total. The molecular formula is C20H23ClN2O4. The lowest BCUT2D eigenvalue weighted by molar-refractivity contribution is -0.129. The Kier molecular flexibility index (Phi) is 7.49. The number of halogens is 1. The monoisotopic (exact) mass is 390 g/mol. The van der Waals surface area contributed by atoms with Crippen LogP contribution in [0.5, 0.6) is 11.5 Å². The topological polar surface area (TPSA) is 67.9 Å². The summed E-state index contributed by atoms with van der Waals surface area (Å²) in [6.45, 7) is 2.22. The minimum Gasteiger partial charge on any atom is -0.497 e. The van der Waals surface area contributed by atoms with E-state index in [0.29, 0.717) is 35.3 Å². The van der Waals surface area contributed by atoms with E-state index in [1.807, 2.05) is 12.1 Å². The Morgan fingerprint density at radius 3 is 2.37 bits per heavy atom. The fourth-order valence-electron chi connectivity index (χ4n) is 2.51. The lowest BCUT2D eigenvalue weighted by atomic mass is 10.2. The van der Waals surface area contributed by atoms with Crippen molar-refractivity contribution in [1.29, 1.82) is 0 Å². The van der Waals surface area contributed by atoms with Gasteiger partial charge in [0.25, 0.3) is 0 Å². The largest absolute Gasteiger partial charge is 0.497 e. The van der Waals surface area contributed by atoms with Crippen LogP contribution in [0.4, 0.5) is 5.69 Å². The minimum absolute atomic E-state index is 0.0974. The first-order valence-corrected chi connectivity index (χ1v) is 8.82. The second-order valence-corrected chi connectivity index (χ2v) is 6.37. The van der Waals surface area contributed by atoms with Crippen LogP contribution in [-0.2, 0) is 16.1 Å². The molecule has 2 aromatic rings. The van der Waals surface area contributed by atoms with Crippen LogP contribution in [0, 0.1) is 0 Å². The van der Waals surface area contributed by atoms with Crippen LogP contribution in [0.2, 0.25) is 5.02 Å². The summed E-state index contributed by atoms with van der Waals surface area (Å²) in [4.78, 5) is 25.8. The molecule has 6 nitrogen and oxygen atoms in total. The molecule has 144 valence electrons. The van der Waals surface area contributed by atoms with Gasteiger partial charge in [0.1, 0.15) is 11.5 Å².